The van der Waals surface area contributed by atoms with E-state index < -0.39 is 0 Å². The maximum atomic E-state index is 13.6. The minimum atomic E-state index is -0.297. The SMILES string of the molecule is COc1ccc2c(c1)nc(N)n2-c1cc(C)cc(F)c1. The normalized spacial score (nSPS) is 10.9. The molecule has 3 rings (SSSR count). The first-order chi connectivity index (χ1) is 9.58. The summed E-state index contributed by atoms with van der Waals surface area (Å²) in [6, 6.07) is 10.3. The number of aryl methyl sites for hydroxylation is 1. The molecule has 0 saturated carbocycles. The van der Waals surface area contributed by atoms with Gasteiger partial charge in [-0.1, -0.05) is 0 Å². The van der Waals surface area contributed by atoms with Crippen molar-refractivity contribution in [2.24, 2.45) is 0 Å². The number of nitrogen functional groups attached to an aromatic ring is 1. The summed E-state index contributed by atoms with van der Waals surface area (Å²) in [4.78, 5) is 4.30. The number of hydrogen-bond acceptors (Lipinski definition) is 3. The van der Waals surface area contributed by atoms with Gasteiger partial charge in [0.15, 0.2) is 0 Å². The third-order valence-corrected chi connectivity index (χ3v) is 3.17. The Labute approximate surface area is 115 Å². The number of aromatic nitrogens is 2. The van der Waals surface area contributed by atoms with Gasteiger partial charge in [0.1, 0.15) is 11.6 Å². The Morgan fingerprint density at radius 2 is 2.00 bits per heavy atom. The average Bonchev–Trinajstić information content (AvgIpc) is 2.72. The molecule has 0 aliphatic rings. The summed E-state index contributed by atoms with van der Waals surface area (Å²) in [6.45, 7) is 1.84. The third-order valence-electron chi connectivity index (χ3n) is 3.17. The molecule has 0 unspecified atom stereocenters. The number of hydrogen-bond donors (Lipinski definition) is 1. The number of methoxy groups -OCH3 is 1. The lowest BCUT2D eigenvalue weighted by atomic mass is 10.2. The third kappa shape index (κ3) is 1.97. The van der Waals surface area contributed by atoms with Crippen molar-refractivity contribution in [3.05, 3.63) is 47.8 Å². The van der Waals surface area contributed by atoms with Crippen molar-refractivity contribution >= 4 is 17.0 Å². The van der Waals surface area contributed by atoms with E-state index in [-0.39, 0.29) is 5.82 Å². The van der Waals surface area contributed by atoms with Gasteiger partial charge in [-0.3, -0.25) is 4.57 Å². The van der Waals surface area contributed by atoms with E-state index in [1.165, 1.54) is 12.1 Å². The van der Waals surface area contributed by atoms with Crippen LogP contribution in [0.2, 0.25) is 0 Å². The lowest BCUT2D eigenvalue weighted by molar-refractivity contribution is 0.415. The molecule has 20 heavy (non-hydrogen) atoms. The minimum absolute atomic E-state index is 0.297. The van der Waals surface area contributed by atoms with Crippen LogP contribution in [0, 0.1) is 12.7 Å². The van der Waals surface area contributed by atoms with Gasteiger partial charge in [-0.15, -0.1) is 0 Å². The fourth-order valence-corrected chi connectivity index (χ4v) is 2.32. The topological polar surface area (TPSA) is 53.1 Å². The molecule has 0 atom stereocenters. The predicted molar refractivity (Wildman–Crippen MR) is 76.7 cm³/mol. The quantitative estimate of drug-likeness (QED) is 0.779. The molecule has 1 aromatic heterocycles. The summed E-state index contributed by atoms with van der Waals surface area (Å²) in [5.41, 5.74) is 8.98. The van der Waals surface area contributed by atoms with E-state index in [2.05, 4.69) is 4.98 Å². The molecule has 0 amide bonds. The largest absolute Gasteiger partial charge is 0.497 e. The first-order valence-corrected chi connectivity index (χ1v) is 6.18. The number of anilines is 1. The Morgan fingerprint density at radius 3 is 2.70 bits per heavy atom. The molecule has 3 aromatic rings. The summed E-state index contributed by atoms with van der Waals surface area (Å²) in [5.74, 6) is 0.727. The van der Waals surface area contributed by atoms with E-state index in [1.54, 1.807) is 17.7 Å². The molecule has 0 aliphatic carbocycles. The maximum Gasteiger partial charge on any atom is 0.205 e. The van der Waals surface area contributed by atoms with E-state index in [0.717, 1.165) is 11.1 Å². The lowest BCUT2D eigenvalue weighted by Gasteiger charge is -2.08. The number of ether oxygens (including phenoxy) is 1. The van der Waals surface area contributed by atoms with Crippen molar-refractivity contribution in [2.75, 3.05) is 12.8 Å². The molecule has 4 nitrogen and oxygen atoms in total. The second kappa shape index (κ2) is 4.52. The van der Waals surface area contributed by atoms with Crippen molar-refractivity contribution in [1.29, 1.82) is 0 Å². The first kappa shape index (κ1) is 12.5. The van der Waals surface area contributed by atoms with Crippen molar-refractivity contribution in [3.8, 4) is 11.4 Å². The van der Waals surface area contributed by atoms with Crippen LogP contribution in [-0.4, -0.2) is 16.7 Å². The summed E-state index contributed by atoms with van der Waals surface area (Å²) in [6.07, 6.45) is 0. The van der Waals surface area contributed by atoms with Crippen LogP contribution in [0.15, 0.2) is 36.4 Å². The van der Waals surface area contributed by atoms with Gasteiger partial charge in [0.05, 0.1) is 23.8 Å². The van der Waals surface area contributed by atoms with Crippen molar-refractivity contribution in [1.82, 2.24) is 9.55 Å². The van der Waals surface area contributed by atoms with Gasteiger partial charge in [-0.05, 0) is 42.8 Å². The highest BCUT2D eigenvalue weighted by Gasteiger charge is 2.12. The van der Waals surface area contributed by atoms with Gasteiger partial charge in [0, 0.05) is 6.07 Å². The van der Waals surface area contributed by atoms with Crippen molar-refractivity contribution in [3.63, 3.8) is 0 Å². The highest BCUT2D eigenvalue weighted by molar-refractivity contribution is 5.82. The smallest absolute Gasteiger partial charge is 0.205 e. The zero-order valence-corrected chi connectivity index (χ0v) is 11.2. The van der Waals surface area contributed by atoms with Crippen molar-refractivity contribution in [2.45, 2.75) is 6.92 Å². The van der Waals surface area contributed by atoms with Crippen LogP contribution < -0.4 is 10.5 Å². The molecule has 102 valence electrons. The predicted octanol–water partition coefficient (Wildman–Crippen LogP) is 3.06. The Hall–Kier alpha value is -2.56. The fraction of sp³-hybridized carbons (Fsp3) is 0.133. The monoisotopic (exact) mass is 271 g/mol. The van der Waals surface area contributed by atoms with E-state index in [9.17, 15) is 4.39 Å². The highest BCUT2D eigenvalue weighted by atomic mass is 19.1. The van der Waals surface area contributed by atoms with Crippen LogP contribution in [0.25, 0.3) is 16.7 Å². The van der Waals surface area contributed by atoms with E-state index in [1.807, 2.05) is 25.1 Å². The molecule has 2 aromatic carbocycles. The molecule has 0 aliphatic heterocycles. The molecule has 5 heteroatoms. The van der Waals surface area contributed by atoms with Gasteiger partial charge in [-0.2, -0.15) is 0 Å². The number of rotatable bonds is 2. The highest BCUT2D eigenvalue weighted by Crippen LogP contribution is 2.27. The maximum absolute atomic E-state index is 13.6. The minimum Gasteiger partial charge on any atom is -0.497 e. The van der Waals surface area contributed by atoms with Gasteiger partial charge >= 0.3 is 0 Å². The Kier molecular flexibility index (Phi) is 2.82. The molecular weight excluding hydrogens is 257 g/mol. The van der Waals surface area contributed by atoms with Crippen molar-refractivity contribution < 1.29 is 9.13 Å². The molecule has 0 radical (unpaired) electrons. The van der Waals surface area contributed by atoms with Crippen LogP contribution in [-0.2, 0) is 0 Å². The van der Waals surface area contributed by atoms with E-state index in [4.69, 9.17) is 10.5 Å². The van der Waals surface area contributed by atoms with E-state index in [0.29, 0.717) is 22.9 Å². The number of fused-ring (bicyclic) bond motifs is 1. The number of benzene rings is 2. The van der Waals surface area contributed by atoms with Gasteiger partial charge in [0.2, 0.25) is 5.95 Å². The average molecular weight is 271 g/mol. The van der Waals surface area contributed by atoms with Gasteiger partial charge in [0.25, 0.3) is 0 Å². The lowest BCUT2D eigenvalue weighted by Crippen LogP contribution is -2.01. The van der Waals surface area contributed by atoms with Crippen LogP contribution in [0.3, 0.4) is 0 Å². The standard InChI is InChI=1S/C15H14FN3O/c1-9-5-10(16)7-11(6-9)19-14-4-3-12(20-2)8-13(14)18-15(19)17/h3-8H,1-2H3,(H2,17,18). The molecule has 2 N–H and O–H groups in total. The van der Waals surface area contributed by atoms with Crippen LogP contribution in [0.5, 0.6) is 5.75 Å². The number of nitrogens with zero attached hydrogens (tertiary/aromatic N) is 2. The first-order valence-electron chi connectivity index (χ1n) is 6.18. The Balaban J connectivity index is 2.27. The Bertz CT molecular complexity index is 775. The van der Waals surface area contributed by atoms with Gasteiger partial charge in [-0.25, -0.2) is 9.37 Å². The zero-order valence-electron chi connectivity index (χ0n) is 11.2. The fourth-order valence-electron chi connectivity index (χ4n) is 2.32. The summed E-state index contributed by atoms with van der Waals surface area (Å²) in [7, 11) is 1.59. The van der Waals surface area contributed by atoms with E-state index >= 15 is 0 Å². The zero-order chi connectivity index (χ0) is 14.3. The number of imidazole rings is 1. The van der Waals surface area contributed by atoms with Crippen LogP contribution in [0.1, 0.15) is 5.56 Å². The summed E-state index contributed by atoms with van der Waals surface area (Å²) < 4.78 is 20.5. The summed E-state index contributed by atoms with van der Waals surface area (Å²) >= 11 is 0. The Morgan fingerprint density at radius 1 is 1.20 bits per heavy atom. The van der Waals surface area contributed by atoms with Gasteiger partial charge < -0.3 is 10.5 Å². The number of halogens is 1. The molecular formula is C15H14FN3O. The molecule has 0 spiro atoms. The molecule has 0 bridgehead atoms. The second-order valence-electron chi connectivity index (χ2n) is 4.65. The van der Waals surface area contributed by atoms with Crippen LogP contribution >= 0.6 is 0 Å². The van der Waals surface area contributed by atoms with Crippen LogP contribution in [0.4, 0.5) is 10.3 Å². The second-order valence-corrected chi connectivity index (χ2v) is 4.65. The molecule has 0 fully saturated rings. The number of nitrogens with two attached hydrogens (primary N) is 1. The summed E-state index contributed by atoms with van der Waals surface area (Å²) in [5, 5.41) is 0. The molecule has 1 heterocycles. The molecule has 0 saturated heterocycles.